The molecular formula is C14H21NO4. The van der Waals surface area contributed by atoms with Crippen molar-refractivity contribution in [3.8, 4) is 0 Å². The molecule has 1 amide bonds. The minimum Gasteiger partial charge on any atom is -0.481 e. The molecule has 1 N–H and O–H groups in total. The Morgan fingerprint density at radius 2 is 2.05 bits per heavy atom. The monoisotopic (exact) mass is 267 g/mol. The summed E-state index contributed by atoms with van der Waals surface area (Å²) >= 11 is 0. The molecule has 0 unspecified atom stereocenters. The van der Waals surface area contributed by atoms with E-state index in [0.29, 0.717) is 32.7 Å². The highest BCUT2D eigenvalue weighted by molar-refractivity contribution is 5.85. The van der Waals surface area contributed by atoms with Crippen molar-refractivity contribution in [1.29, 1.82) is 0 Å². The fraction of sp³-hybridized carbons (Fsp3) is 0.857. The summed E-state index contributed by atoms with van der Waals surface area (Å²) in [7, 11) is 0. The van der Waals surface area contributed by atoms with Gasteiger partial charge in [0.25, 0.3) is 0 Å². The largest absolute Gasteiger partial charge is 0.481 e. The number of carbonyl (C=O) groups is 2. The van der Waals surface area contributed by atoms with Crippen LogP contribution < -0.4 is 0 Å². The van der Waals surface area contributed by atoms with Gasteiger partial charge in [-0.1, -0.05) is 13.8 Å². The molecule has 2 heterocycles. The molecule has 0 aromatic rings. The molecular weight excluding hydrogens is 246 g/mol. The zero-order valence-electron chi connectivity index (χ0n) is 11.5. The van der Waals surface area contributed by atoms with Crippen LogP contribution in [0, 0.1) is 22.7 Å². The van der Waals surface area contributed by atoms with Gasteiger partial charge in [-0.2, -0.15) is 0 Å². The highest BCUT2D eigenvalue weighted by Gasteiger charge is 2.58. The number of hydrogen-bond donors (Lipinski definition) is 1. The summed E-state index contributed by atoms with van der Waals surface area (Å²) in [5.74, 6) is -0.602. The van der Waals surface area contributed by atoms with E-state index in [0.717, 1.165) is 6.42 Å². The first-order chi connectivity index (χ1) is 8.87. The molecule has 3 aliphatic rings. The molecule has 3 rings (SSSR count). The number of carbonyl (C=O) groups excluding carboxylic acids is 1. The summed E-state index contributed by atoms with van der Waals surface area (Å²) in [5.41, 5.74) is -0.676. The van der Waals surface area contributed by atoms with Crippen molar-refractivity contribution >= 4 is 11.9 Å². The fourth-order valence-electron chi connectivity index (χ4n) is 3.58. The lowest BCUT2D eigenvalue weighted by Crippen LogP contribution is -2.45. The predicted molar refractivity (Wildman–Crippen MR) is 67.5 cm³/mol. The second-order valence-electron chi connectivity index (χ2n) is 6.95. The van der Waals surface area contributed by atoms with Crippen molar-refractivity contribution in [1.82, 2.24) is 4.90 Å². The molecule has 1 aliphatic carbocycles. The topological polar surface area (TPSA) is 66.8 Å². The molecule has 0 bridgehead atoms. The third-order valence-corrected chi connectivity index (χ3v) is 5.26. The van der Waals surface area contributed by atoms with Crippen LogP contribution in [0.4, 0.5) is 0 Å². The van der Waals surface area contributed by atoms with Crippen LogP contribution in [0.2, 0.25) is 0 Å². The van der Waals surface area contributed by atoms with Gasteiger partial charge in [0.2, 0.25) is 5.91 Å². The Hall–Kier alpha value is -1.10. The number of carboxylic acid groups (broad SMARTS) is 1. The Kier molecular flexibility index (Phi) is 2.68. The van der Waals surface area contributed by atoms with Gasteiger partial charge in [0.15, 0.2) is 0 Å². The van der Waals surface area contributed by atoms with Crippen molar-refractivity contribution in [3.63, 3.8) is 0 Å². The lowest BCUT2D eigenvalue weighted by Gasteiger charge is -2.33. The highest BCUT2D eigenvalue weighted by atomic mass is 16.5. The molecule has 106 valence electrons. The van der Waals surface area contributed by atoms with Crippen LogP contribution in [0.1, 0.15) is 26.7 Å². The van der Waals surface area contributed by atoms with Crippen LogP contribution >= 0.6 is 0 Å². The second-order valence-corrected chi connectivity index (χ2v) is 6.95. The van der Waals surface area contributed by atoms with Crippen molar-refractivity contribution in [2.75, 3.05) is 26.3 Å². The van der Waals surface area contributed by atoms with E-state index in [1.165, 1.54) is 0 Å². The van der Waals surface area contributed by atoms with E-state index in [-0.39, 0.29) is 23.2 Å². The molecule has 0 aromatic heterocycles. The molecule has 1 saturated carbocycles. The number of ether oxygens (including phenoxy) is 1. The number of aliphatic carboxylic acids is 1. The normalized spacial score (nSPS) is 39.8. The third-order valence-electron chi connectivity index (χ3n) is 5.26. The van der Waals surface area contributed by atoms with Crippen molar-refractivity contribution in [2.45, 2.75) is 26.7 Å². The maximum absolute atomic E-state index is 12.4. The molecule has 3 atom stereocenters. The van der Waals surface area contributed by atoms with Gasteiger partial charge >= 0.3 is 5.97 Å². The first-order valence-electron chi connectivity index (χ1n) is 6.97. The van der Waals surface area contributed by atoms with Crippen LogP contribution in [0.3, 0.4) is 0 Å². The lowest BCUT2D eigenvalue weighted by atomic mass is 9.74. The van der Waals surface area contributed by atoms with Crippen LogP contribution in [0.25, 0.3) is 0 Å². The Morgan fingerprint density at radius 1 is 1.37 bits per heavy atom. The number of carboxylic acids is 1. The maximum atomic E-state index is 12.4. The Bertz CT molecular complexity index is 433. The van der Waals surface area contributed by atoms with Crippen LogP contribution in [-0.2, 0) is 14.3 Å². The Labute approximate surface area is 112 Å². The first-order valence-corrected chi connectivity index (χ1v) is 6.97. The number of likely N-dealkylation sites (tertiary alicyclic amines) is 1. The summed E-state index contributed by atoms with van der Waals surface area (Å²) in [6.45, 7) is 6.03. The molecule has 0 aromatic carbocycles. The van der Waals surface area contributed by atoms with Gasteiger partial charge in [-0.15, -0.1) is 0 Å². The quantitative estimate of drug-likeness (QED) is 0.810. The summed E-state index contributed by atoms with van der Waals surface area (Å²) in [5, 5.41) is 9.56. The standard InChI is InChI=1S/C14H21NO4/c1-13(2)5-10(13)11(16)15-6-9-7-19-4-3-14(9,8-15)12(17)18/h9-10H,3-8H2,1-2H3,(H,17,18)/t9-,10+,14+/m0/s1. The smallest absolute Gasteiger partial charge is 0.311 e. The van der Waals surface area contributed by atoms with Gasteiger partial charge in [0.05, 0.1) is 12.0 Å². The van der Waals surface area contributed by atoms with Gasteiger partial charge in [-0.3, -0.25) is 9.59 Å². The van der Waals surface area contributed by atoms with E-state index >= 15 is 0 Å². The van der Waals surface area contributed by atoms with Gasteiger partial charge in [0.1, 0.15) is 0 Å². The predicted octanol–water partition coefficient (Wildman–Crippen LogP) is 0.982. The SMILES string of the molecule is CC1(C)C[C@@H]1C(=O)N1C[C@H]2COCC[C@@]2(C(=O)O)C1. The zero-order valence-corrected chi connectivity index (χ0v) is 11.5. The number of hydrogen-bond acceptors (Lipinski definition) is 3. The number of rotatable bonds is 2. The van der Waals surface area contributed by atoms with E-state index < -0.39 is 11.4 Å². The molecule has 5 nitrogen and oxygen atoms in total. The van der Waals surface area contributed by atoms with E-state index in [1.807, 2.05) is 0 Å². The molecule has 0 spiro atoms. The molecule has 2 aliphatic heterocycles. The van der Waals surface area contributed by atoms with E-state index in [2.05, 4.69) is 13.8 Å². The average Bonchev–Trinajstić information content (AvgIpc) is 2.84. The summed E-state index contributed by atoms with van der Waals surface area (Å²) in [6.07, 6.45) is 1.44. The molecule has 3 fully saturated rings. The van der Waals surface area contributed by atoms with Gasteiger partial charge in [-0.05, 0) is 18.3 Å². The highest BCUT2D eigenvalue weighted by Crippen LogP contribution is 2.54. The van der Waals surface area contributed by atoms with E-state index in [4.69, 9.17) is 4.74 Å². The minimum atomic E-state index is -0.772. The first kappa shape index (κ1) is 12.9. The van der Waals surface area contributed by atoms with E-state index in [9.17, 15) is 14.7 Å². The third kappa shape index (κ3) is 1.86. The van der Waals surface area contributed by atoms with Crippen LogP contribution in [-0.4, -0.2) is 48.2 Å². The number of amides is 1. The van der Waals surface area contributed by atoms with Crippen molar-refractivity contribution in [2.24, 2.45) is 22.7 Å². The maximum Gasteiger partial charge on any atom is 0.311 e. The molecule has 2 saturated heterocycles. The fourth-order valence-corrected chi connectivity index (χ4v) is 3.58. The zero-order chi connectivity index (χ0) is 13.8. The van der Waals surface area contributed by atoms with Crippen LogP contribution in [0.15, 0.2) is 0 Å². The van der Waals surface area contributed by atoms with Gasteiger partial charge in [0, 0.05) is 31.5 Å². The lowest BCUT2D eigenvalue weighted by molar-refractivity contribution is -0.157. The van der Waals surface area contributed by atoms with E-state index in [1.54, 1.807) is 4.90 Å². The molecule has 19 heavy (non-hydrogen) atoms. The van der Waals surface area contributed by atoms with Crippen molar-refractivity contribution in [3.05, 3.63) is 0 Å². The number of fused-ring (bicyclic) bond motifs is 1. The molecule has 0 radical (unpaired) electrons. The second kappa shape index (κ2) is 3.95. The van der Waals surface area contributed by atoms with Crippen LogP contribution in [0.5, 0.6) is 0 Å². The Balaban J connectivity index is 1.77. The summed E-state index contributed by atoms with van der Waals surface area (Å²) in [6, 6.07) is 0. The Morgan fingerprint density at radius 3 is 2.58 bits per heavy atom. The van der Waals surface area contributed by atoms with Crippen molar-refractivity contribution < 1.29 is 19.4 Å². The summed E-state index contributed by atoms with van der Waals surface area (Å²) < 4.78 is 5.40. The molecule has 5 heteroatoms. The summed E-state index contributed by atoms with van der Waals surface area (Å²) in [4.78, 5) is 25.8. The number of nitrogens with zero attached hydrogens (tertiary/aromatic N) is 1. The van der Waals surface area contributed by atoms with Gasteiger partial charge in [-0.25, -0.2) is 0 Å². The minimum absolute atomic E-state index is 0.0513. The average molecular weight is 267 g/mol. The van der Waals surface area contributed by atoms with Gasteiger partial charge < -0.3 is 14.7 Å².